The van der Waals surface area contributed by atoms with Crippen LogP contribution in [0.4, 0.5) is 8.78 Å². The summed E-state index contributed by atoms with van der Waals surface area (Å²) in [6.07, 6.45) is 8.61. The van der Waals surface area contributed by atoms with E-state index in [2.05, 4.69) is 13.8 Å². The highest BCUT2D eigenvalue weighted by molar-refractivity contribution is 4.57. The van der Waals surface area contributed by atoms with Crippen LogP contribution in [-0.2, 0) is 0 Å². The van der Waals surface area contributed by atoms with Gasteiger partial charge in [0.15, 0.2) is 0 Å². The lowest BCUT2D eigenvalue weighted by atomic mass is 10.2. The average molecular weight is 235 g/mol. The smallest absolute Gasteiger partial charge is 0.247 e. The van der Waals surface area contributed by atoms with Gasteiger partial charge >= 0.3 is 0 Å². The Balaban J connectivity index is 3.54. The van der Waals surface area contributed by atoms with Crippen LogP contribution >= 0.6 is 0 Å². The third-order valence-corrected chi connectivity index (χ3v) is 2.87. The Bertz CT molecular complexity index is 128. The SMILES string of the molecule is CCCCCCN(CCCCCC)C(F)F. The third kappa shape index (κ3) is 9.08. The minimum Gasteiger partial charge on any atom is -0.247 e. The standard InChI is InChI=1S/C13H27F2N/c1-3-5-7-9-11-16(13(14)15)12-10-8-6-4-2/h13H,3-12H2,1-2H3. The Labute approximate surface area is 99.2 Å². The molecule has 0 aliphatic rings. The highest BCUT2D eigenvalue weighted by Crippen LogP contribution is 2.10. The van der Waals surface area contributed by atoms with Crippen LogP contribution in [0.3, 0.4) is 0 Å². The molecule has 0 heterocycles. The van der Waals surface area contributed by atoms with E-state index in [1.165, 1.54) is 4.90 Å². The van der Waals surface area contributed by atoms with Gasteiger partial charge in [0, 0.05) is 13.1 Å². The average Bonchev–Trinajstić information content (AvgIpc) is 2.26. The molecular formula is C13H27F2N. The van der Waals surface area contributed by atoms with Gasteiger partial charge < -0.3 is 0 Å². The summed E-state index contributed by atoms with van der Waals surface area (Å²) in [5.41, 5.74) is 0. The van der Waals surface area contributed by atoms with Gasteiger partial charge in [-0.3, -0.25) is 0 Å². The zero-order valence-electron chi connectivity index (χ0n) is 10.9. The first-order valence-electron chi connectivity index (χ1n) is 6.74. The van der Waals surface area contributed by atoms with Crippen LogP contribution < -0.4 is 0 Å². The van der Waals surface area contributed by atoms with Gasteiger partial charge in [0.25, 0.3) is 6.55 Å². The molecule has 3 heteroatoms. The van der Waals surface area contributed by atoms with Crippen molar-refractivity contribution in [3.05, 3.63) is 0 Å². The molecule has 0 N–H and O–H groups in total. The molecule has 0 amide bonds. The molecule has 0 bridgehead atoms. The monoisotopic (exact) mass is 235 g/mol. The second-order valence-electron chi connectivity index (χ2n) is 4.43. The van der Waals surface area contributed by atoms with Gasteiger partial charge in [-0.25, -0.2) is 4.90 Å². The number of nitrogens with zero attached hydrogens (tertiary/aromatic N) is 1. The molecular weight excluding hydrogens is 208 g/mol. The summed E-state index contributed by atoms with van der Waals surface area (Å²) in [6, 6.07) is 0. The highest BCUT2D eigenvalue weighted by atomic mass is 19.3. The van der Waals surface area contributed by atoms with Gasteiger partial charge in [-0.15, -0.1) is 0 Å². The van der Waals surface area contributed by atoms with Crippen molar-refractivity contribution in [2.24, 2.45) is 0 Å². The van der Waals surface area contributed by atoms with Crippen molar-refractivity contribution in [1.82, 2.24) is 4.90 Å². The topological polar surface area (TPSA) is 3.24 Å². The molecule has 0 fully saturated rings. The first-order chi connectivity index (χ1) is 7.72. The number of rotatable bonds is 11. The fourth-order valence-electron chi connectivity index (χ4n) is 1.79. The Morgan fingerprint density at radius 3 is 1.50 bits per heavy atom. The second-order valence-corrected chi connectivity index (χ2v) is 4.43. The predicted molar refractivity (Wildman–Crippen MR) is 65.9 cm³/mol. The highest BCUT2D eigenvalue weighted by Gasteiger charge is 2.14. The number of hydrogen-bond acceptors (Lipinski definition) is 1. The molecule has 0 aliphatic heterocycles. The normalized spacial score (nSPS) is 11.6. The molecule has 0 spiro atoms. The quantitative estimate of drug-likeness (QED) is 0.371. The summed E-state index contributed by atoms with van der Waals surface area (Å²) >= 11 is 0. The zero-order chi connectivity index (χ0) is 12.2. The maximum Gasteiger partial charge on any atom is 0.294 e. The van der Waals surface area contributed by atoms with Crippen molar-refractivity contribution < 1.29 is 8.78 Å². The van der Waals surface area contributed by atoms with Crippen LogP contribution in [0, 0.1) is 0 Å². The maximum absolute atomic E-state index is 12.6. The number of alkyl halides is 2. The minimum atomic E-state index is -2.27. The summed E-state index contributed by atoms with van der Waals surface area (Å²) in [7, 11) is 0. The number of hydrogen-bond donors (Lipinski definition) is 0. The van der Waals surface area contributed by atoms with Crippen LogP contribution in [0.25, 0.3) is 0 Å². The summed E-state index contributed by atoms with van der Waals surface area (Å²) in [5, 5.41) is 0. The molecule has 0 aromatic carbocycles. The van der Waals surface area contributed by atoms with Crippen molar-refractivity contribution in [3.8, 4) is 0 Å². The van der Waals surface area contributed by atoms with Crippen molar-refractivity contribution >= 4 is 0 Å². The molecule has 0 radical (unpaired) electrons. The maximum atomic E-state index is 12.6. The molecule has 0 aromatic heterocycles. The van der Waals surface area contributed by atoms with Gasteiger partial charge in [0.2, 0.25) is 0 Å². The van der Waals surface area contributed by atoms with E-state index in [0.717, 1.165) is 51.4 Å². The van der Waals surface area contributed by atoms with Crippen LogP contribution in [0.15, 0.2) is 0 Å². The van der Waals surface area contributed by atoms with E-state index in [1.807, 2.05) is 0 Å². The molecule has 0 rings (SSSR count). The van der Waals surface area contributed by atoms with Crippen LogP contribution in [0.1, 0.15) is 65.2 Å². The zero-order valence-corrected chi connectivity index (χ0v) is 10.9. The van der Waals surface area contributed by atoms with E-state index >= 15 is 0 Å². The van der Waals surface area contributed by atoms with Gasteiger partial charge in [-0.1, -0.05) is 52.4 Å². The largest absolute Gasteiger partial charge is 0.294 e. The summed E-state index contributed by atoms with van der Waals surface area (Å²) in [6.45, 7) is 3.11. The Morgan fingerprint density at radius 1 is 0.750 bits per heavy atom. The van der Waals surface area contributed by atoms with Crippen molar-refractivity contribution in [1.29, 1.82) is 0 Å². The van der Waals surface area contributed by atoms with Crippen molar-refractivity contribution in [2.75, 3.05) is 13.1 Å². The van der Waals surface area contributed by atoms with Crippen molar-refractivity contribution in [2.45, 2.75) is 71.8 Å². The summed E-state index contributed by atoms with van der Waals surface area (Å²) in [4.78, 5) is 1.32. The first kappa shape index (κ1) is 15.8. The van der Waals surface area contributed by atoms with Gasteiger partial charge in [0.05, 0.1) is 0 Å². The van der Waals surface area contributed by atoms with E-state index in [9.17, 15) is 8.78 Å². The van der Waals surface area contributed by atoms with E-state index in [-0.39, 0.29) is 0 Å². The molecule has 0 atom stereocenters. The minimum absolute atomic E-state index is 0.559. The number of unbranched alkanes of at least 4 members (excludes halogenated alkanes) is 6. The van der Waals surface area contributed by atoms with E-state index in [4.69, 9.17) is 0 Å². The molecule has 98 valence electrons. The van der Waals surface area contributed by atoms with E-state index in [0.29, 0.717) is 13.1 Å². The third-order valence-electron chi connectivity index (χ3n) is 2.87. The Hall–Kier alpha value is -0.180. The van der Waals surface area contributed by atoms with E-state index < -0.39 is 6.55 Å². The molecule has 0 aliphatic carbocycles. The number of halogens is 2. The molecule has 1 nitrogen and oxygen atoms in total. The molecule has 16 heavy (non-hydrogen) atoms. The Morgan fingerprint density at radius 2 is 1.19 bits per heavy atom. The first-order valence-corrected chi connectivity index (χ1v) is 6.74. The fraction of sp³-hybridized carbons (Fsp3) is 1.00. The van der Waals surface area contributed by atoms with Crippen LogP contribution in [-0.4, -0.2) is 24.5 Å². The lowest BCUT2D eigenvalue weighted by Gasteiger charge is -2.20. The fourth-order valence-corrected chi connectivity index (χ4v) is 1.79. The van der Waals surface area contributed by atoms with Crippen LogP contribution in [0.2, 0.25) is 0 Å². The predicted octanol–water partition coefficient (Wildman–Crippen LogP) is 4.67. The summed E-state index contributed by atoms with van der Waals surface area (Å²) in [5.74, 6) is 0. The molecule has 0 saturated carbocycles. The second kappa shape index (κ2) is 11.3. The van der Waals surface area contributed by atoms with Crippen LogP contribution in [0.5, 0.6) is 0 Å². The molecule has 0 saturated heterocycles. The Kier molecular flexibility index (Phi) is 11.2. The molecule has 0 aromatic rings. The van der Waals surface area contributed by atoms with Gasteiger partial charge in [0.1, 0.15) is 0 Å². The van der Waals surface area contributed by atoms with Gasteiger partial charge in [-0.2, -0.15) is 8.78 Å². The summed E-state index contributed by atoms with van der Waals surface area (Å²) < 4.78 is 25.3. The lowest BCUT2D eigenvalue weighted by Crippen LogP contribution is -2.31. The van der Waals surface area contributed by atoms with Gasteiger partial charge in [-0.05, 0) is 12.8 Å². The lowest BCUT2D eigenvalue weighted by molar-refractivity contribution is -0.0286. The molecule has 0 unspecified atom stereocenters. The van der Waals surface area contributed by atoms with E-state index in [1.54, 1.807) is 0 Å². The van der Waals surface area contributed by atoms with Crippen molar-refractivity contribution in [3.63, 3.8) is 0 Å².